The van der Waals surface area contributed by atoms with E-state index in [4.69, 9.17) is 4.74 Å². The van der Waals surface area contributed by atoms with Crippen molar-refractivity contribution >= 4 is 27.3 Å². The summed E-state index contributed by atoms with van der Waals surface area (Å²) in [6, 6.07) is 13.9. The molecule has 0 aliphatic carbocycles. The smallest absolute Gasteiger partial charge is 0.222 e. The third-order valence-corrected chi connectivity index (χ3v) is 7.84. The number of carbonyl (C=O) groups is 2. The van der Waals surface area contributed by atoms with Crippen molar-refractivity contribution in [3.8, 4) is 5.75 Å². The molecule has 0 spiro atoms. The number of sulfone groups is 1. The maximum absolute atomic E-state index is 12.8. The summed E-state index contributed by atoms with van der Waals surface area (Å²) >= 11 is 0. The van der Waals surface area contributed by atoms with Crippen LogP contribution in [0.15, 0.2) is 53.4 Å². The van der Waals surface area contributed by atoms with Crippen LogP contribution in [0.5, 0.6) is 5.75 Å². The molecule has 1 atom stereocenters. The van der Waals surface area contributed by atoms with E-state index < -0.39 is 15.9 Å². The second-order valence-corrected chi connectivity index (χ2v) is 10.7. The van der Waals surface area contributed by atoms with E-state index in [1.54, 1.807) is 26.2 Å². The molecule has 0 bridgehead atoms. The van der Waals surface area contributed by atoms with Crippen molar-refractivity contribution in [3.05, 3.63) is 54.1 Å². The van der Waals surface area contributed by atoms with Gasteiger partial charge in [-0.25, -0.2) is 8.42 Å². The van der Waals surface area contributed by atoms with Gasteiger partial charge in [0.2, 0.25) is 11.8 Å². The molecule has 1 heterocycles. The Morgan fingerprint density at radius 3 is 2.21 bits per heavy atom. The summed E-state index contributed by atoms with van der Waals surface area (Å²) in [4.78, 5) is 27.0. The molecule has 0 saturated carbocycles. The van der Waals surface area contributed by atoms with Crippen LogP contribution in [0.1, 0.15) is 44.7 Å². The van der Waals surface area contributed by atoms with E-state index in [2.05, 4.69) is 15.5 Å². The summed E-state index contributed by atoms with van der Waals surface area (Å²) in [6.45, 7) is 4.60. The lowest BCUT2D eigenvalue weighted by Gasteiger charge is -2.34. The normalized spacial score (nSPS) is 15.4. The van der Waals surface area contributed by atoms with Crippen LogP contribution in [-0.2, 0) is 19.4 Å². The lowest BCUT2D eigenvalue weighted by atomic mass is 10.0. The Bertz CT molecular complexity index is 1080. The van der Waals surface area contributed by atoms with Gasteiger partial charge in [0, 0.05) is 31.7 Å². The summed E-state index contributed by atoms with van der Waals surface area (Å²) in [5.74, 6) is 0.489. The van der Waals surface area contributed by atoms with Crippen LogP contribution in [0.3, 0.4) is 0 Å². The van der Waals surface area contributed by atoms with Gasteiger partial charge < -0.3 is 20.3 Å². The van der Waals surface area contributed by atoms with Crippen LogP contribution in [0.25, 0.3) is 0 Å². The fourth-order valence-corrected chi connectivity index (χ4v) is 5.00. The van der Waals surface area contributed by atoms with Crippen molar-refractivity contribution in [2.75, 3.05) is 30.9 Å². The molecule has 8 nitrogen and oxygen atoms in total. The Kier molecular flexibility index (Phi) is 8.55. The number of hydrogen-bond acceptors (Lipinski definition) is 6. The summed E-state index contributed by atoms with van der Waals surface area (Å²) in [5, 5.41) is 5.96. The SMILES string of the molecule is CCS(=O)(=O)c1ccc(N2CCC(NC(=O)CC(NC(C)=O)c3ccc(OC)cc3)CC2)cc1. The summed E-state index contributed by atoms with van der Waals surface area (Å²) in [5.41, 5.74) is 1.82. The van der Waals surface area contributed by atoms with Gasteiger partial charge in [-0.15, -0.1) is 0 Å². The molecule has 0 radical (unpaired) electrons. The first-order valence-corrected chi connectivity index (χ1v) is 13.1. The van der Waals surface area contributed by atoms with Gasteiger partial charge in [-0.2, -0.15) is 0 Å². The summed E-state index contributed by atoms with van der Waals surface area (Å²) in [6.07, 6.45) is 1.72. The lowest BCUT2D eigenvalue weighted by Crippen LogP contribution is -2.45. The number of amides is 2. The number of benzene rings is 2. The molecular formula is C25H33N3O5S. The third-order valence-electron chi connectivity index (χ3n) is 6.09. The molecule has 1 saturated heterocycles. The number of nitrogens with one attached hydrogen (secondary N) is 2. The zero-order valence-electron chi connectivity index (χ0n) is 19.9. The number of anilines is 1. The van der Waals surface area contributed by atoms with Crippen molar-refractivity contribution < 1.29 is 22.7 Å². The summed E-state index contributed by atoms with van der Waals surface area (Å²) in [7, 11) is -1.62. The molecule has 2 amide bonds. The highest BCUT2D eigenvalue weighted by Crippen LogP contribution is 2.24. The van der Waals surface area contributed by atoms with E-state index in [0.717, 1.165) is 37.2 Å². The van der Waals surface area contributed by atoms with E-state index in [1.165, 1.54) is 6.92 Å². The number of ether oxygens (including phenoxy) is 1. The monoisotopic (exact) mass is 487 g/mol. The van der Waals surface area contributed by atoms with E-state index in [9.17, 15) is 18.0 Å². The van der Waals surface area contributed by atoms with Crippen LogP contribution in [-0.4, -0.2) is 52.2 Å². The average Bonchev–Trinajstić information content (AvgIpc) is 2.84. The van der Waals surface area contributed by atoms with Gasteiger partial charge in [0.05, 0.1) is 30.2 Å². The largest absolute Gasteiger partial charge is 0.497 e. The van der Waals surface area contributed by atoms with Gasteiger partial charge in [0.25, 0.3) is 0 Å². The predicted molar refractivity (Wildman–Crippen MR) is 132 cm³/mol. The number of hydrogen-bond donors (Lipinski definition) is 2. The van der Waals surface area contributed by atoms with E-state index >= 15 is 0 Å². The molecule has 1 aliphatic rings. The molecule has 2 N–H and O–H groups in total. The predicted octanol–water partition coefficient (Wildman–Crippen LogP) is 2.84. The Labute approximate surface area is 201 Å². The Morgan fingerprint density at radius 1 is 1.06 bits per heavy atom. The maximum Gasteiger partial charge on any atom is 0.222 e. The van der Waals surface area contributed by atoms with Gasteiger partial charge in [0.15, 0.2) is 9.84 Å². The molecule has 1 fully saturated rings. The minimum absolute atomic E-state index is 0.0531. The Balaban J connectivity index is 1.54. The fourth-order valence-electron chi connectivity index (χ4n) is 4.12. The molecule has 2 aromatic carbocycles. The average molecular weight is 488 g/mol. The van der Waals surface area contributed by atoms with Gasteiger partial charge in [0.1, 0.15) is 5.75 Å². The third kappa shape index (κ3) is 6.72. The minimum Gasteiger partial charge on any atom is -0.497 e. The first kappa shape index (κ1) is 25.6. The zero-order valence-corrected chi connectivity index (χ0v) is 20.7. The second-order valence-electron chi connectivity index (χ2n) is 8.46. The standard InChI is InChI=1S/C25H33N3O5S/c1-4-34(31,32)23-11-7-21(8-12-23)28-15-13-20(14-16-28)27-25(30)17-24(26-18(2)29)19-5-9-22(33-3)10-6-19/h5-12,20,24H,4,13-17H2,1-3H3,(H,26,29)(H,27,30). The van der Waals surface area contributed by atoms with Crippen molar-refractivity contribution in [1.82, 2.24) is 10.6 Å². The van der Waals surface area contributed by atoms with Crippen molar-refractivity contribution in [2.24, 2.45) is 0 Å². The van der Waals surface area contributed by atoms with Crippen LogP contribution >= 0.6 is 0 Å². The van der Waals surface area contributed by atoms with E-state index in [1.807, 2.05) is 36.4 Å². The highest BCUT2D eigenvalue weighted by atomic mass is 32.2. The topological polar surface area (TPSA) is 105 Å². The van der Waals surface area contributed by atoms with Crippen LogP contribution < -0.4 is 20.3 Å². The molecule has 2 aromatic rings. The van der Waals surface area contributed by atoms with Crippen molar-refractivity contribution in [2.45, 2.75) is 50.1 Å². The number of nitrogens with zero attached hydrogens (tertiary/aromatic N) is 1. The molecular weight excluding hydrogens is 454 g/mol. The zero-order chi connectivity index (χ0) is 24.7. The van der Waals surface area contributed by atoms with Crippen molar-refractivity contribution in [1.29, 1.82) is 0 Å². The maximum atomic E-state index is 12.8. The molecule has 184 valence electrons. The summed E-state index contributed by atoms with van der Waals surface area (Å²) < 4.78 is 29.2. The number of piperidine rings is 1. The van der Waals surface area contributed by atoms with Crippen LogP contribution in [0, 0.1) is 0 Å². The van der Waals surface area contributed by atoms with Crippen molar-refractivity contribution in [3.63, 3.8) is 0 Å². The first-order valence-electron chi connectivity index (χ1n) is 11.5. The molecule has 9 heteroatoms. The van der Waals surface area contributed by atoms with Gasteiger partial charge in [-0.1, -0.05) is 19.1 Å². The highest BCUT2D eigenvalue weighted by Gasteiger charge is 2.24. The molecule has 0 aromatic heterocycles. The Hall–Kier alpha value is -3.07. The number of methoxy groups -OCH3 is 1. The van der Waals surface area contributed by atoms with Crippen LogP contribution in [0.4, 0.5) is 5.69 Å². The number of rotatable bonds is 9. The number of carbonyl (C=O) groups excluding carboxylic acids is 2. The van der Waals surface area contributed by atoms with Gasteiger partial charge in [-0.05, 0) is 54.8 Å². The second kappa shape index (κ2) is 11.4. The first-order chi connectivity index (χ1) is 16.2. The molecule has 1 unspecified atom stereocenters. The van der Waals surface area contributed by atoms with E-state index in [-0.39, 0.29) is 30.0 Å². The van der Waals surface area contributed by atoms with Gasteiger partial charge in [-0.3, -0.25) is 9.59 Å². The van der Waals surface area contributed by atoms with Crippen LogP contribution in [0.2, 0.25) is 0 Å². The fraction of sp³-hybridized carbons (Fsp3) is 0.440. The Morgan fingerprint density at radius 2 is 1.68 bits per heavy atom. The molecule has 34 heavy (non-hydrogen) atoms. The highest BCUT2D eigenvalue weighted by molar-refractivity contribution is 7.91. The lowest BCUT2D eigenvalue weighted by molar-refractivity contribution is -0.123. The molecule has 1 aliphatic heterocycles. The van der Waals surface area contributed by atoms with Gasteiger partial charge >= 0.3 is 0 Å². The van der Waals surface area contributed by atoms with E-state index in [0.29, 0.717) is 10.6 Å². The minimum atomic E-state index is -3.21. The molecule has 3 rings (SSSR count). The quantitative estimate of drug-likeness (QED) is 0.564.